The van der Waals surface area contributed by atoms with Gasteiger partial charge in [-0.3, -0.25) is 0 Å². The molecule has 0 bridgehead atoms. The van der Waals surface area contributed by atoms with E-state index in [0.717, 1.165) is 23.4 Å². The summed E-state index contributed by atoms with van der Waals surface area (Å²) in [4.78, 5) is 5.11. The quantitative estimate of drug-likeness (QED) is 0.195. The lowest BCUT2D eigenvalue weighted by Gasteiger charge is -2.19. The van der Waals surface area contributed by atoms with Gasteiger partial charge in [0.05, 0.1) is 11.0 Å². The van der Waals surface area contributed by atoms with Crippen LogP contribution in [0.25, 0.3) is 77.3 Å². The molecule has 0 radical (unpaired) electrons. The maximum Gasteiger partial charge on any atom is 0.141 e. The molecule has 0 saturated carbocycles. The monoisotopic (exact) mass is 550 g/mol. The summed E-state index contributed by atoms with van der Waals surface area (Å²) in [5, 5.41) is 4.98. The number of fused-ring (bicyclic) bond motifs is 3. The Morgan fingerprint density at radius 1 is 0.442 bits per heavy atom. The van der Waals surface area contributed by atoms with E-state index in [1.807, 2.05) is 0 Å². The molecule has 0 fully saturated rings. The van der Waals surface area contributed by atoms with Crippen LogP contribution >= 0.6 is 0 Å². The van der Waals surface area contributed by atoms with Gasteiger partial charge in [-0.15, -0.1) is 0 Å². The van der Waals surface area contributed by atoms with Gasteiger partial charge in [0.1, 0.15) is 5.82 Å². The number of para-hydroxylation sites is 2. The summed E-state index contributed by atoms with van der Waals surface area (Å²) in [5.41, 5.74) is 10.7. The molecule has 0 unspecified atom stereocenters. The first-order chi connectivity index (χ1) is 21.3. The first-order valence-corrected chi connectivity index (χ1v) is 15.0. The lowest BCUT2D eigenvalue weighted by molar-refractivity contribution is 0.796. The molecular formula is C41H30N2. The van der Waals surface area contributed by atoms with Gasteiger partial charge in [0.2, 0.25) is 0 Å². The minimum Gasteiger partial charge on any atom is -0.324 e. The first-order valence-electron chi connectivity index (χ1n) is 15.0. The van der Waals surface area contributed by atoms with Crippen LogP contribution in [0.4, 0.5) is 0 Å². The number of nitrogens with zero attached hydrogens (tertiary/aromatic N) is 2. The van der Waals surface area contributed by atoms with Crippen LogP contribution in [0.5, 0.6) is 0 Å². The third-order valence-electron chi connectivity index (χ3n) is 8.58. The molecule has 0 saturated heterocycles. The molecule has 204 valence electrons. The maximum absolute atomic E-state index is 5.11. The van der Waals surface area contributed by atoms with Gasteiger partial charge in [-0.2, -0.15) is 0 Å². The zero-order chi connectivity index (χ0) is 28.8. The van der Waals surface area contributed by atoms with Crippen molar-refractivity contribution in [3.05, 3.63) is 152 Å². The summed E-state index contributed by atoms with van der Waals surface area (Å²) in [6.07, 6.45) is 0. The molecule has 8 rings (SSSR count). The Bertz CT molecular complexity index is 2250. The fourth-order valence-corrected chi connectivity index (χ4v) is 6.63. The van der Waals surface area contributed by atoms with Crippen molar-refractivity contribution in [2.75, 3.05) is 0 Å². The molecule has 43 heavy (non-hydrogen) atoms. The van der Waals surface area contributed by atoms with Crippen molar-refractivity contribution in [2.45, 2.75) is 13.5 Å². The predicted molar refractivity (Wildman–Crippen MR) is 182 cm³/mol. The molecule has 1 heterocycles. The van der Waals surface area contributed by atoms with E-state index in [9.17, 15) is 0 Å². The van der Waals surface area contributed by atoms with Gasteiger partial charge < -0.3 is 4.57 Å². The number of hydrogen-bond acceptors (Lipinski definition) is 1. The Hall–Kier alpha value is -5.47. The second-order valence-electron chi connectivity index (χ2n) is 11.0. The van der Waals surface area contributed by atoms with Crippen LogP contribution in [-0.2, 0) is 6.54 Å². The Morgan fingerprint density at radius 3 is 1.51 bits per heavy atom. The molecular weight excluding hydrogens is 520 g/mol. The lowest BCUT2D eigenvalue weighted by Crippen LogP contribution is -1.98. The molecule has 1 aromatic heterocycles. The van der Waals surface area contributed by atoms with Crippen molar-refractivity contribution < 1.29 is 0 Å². The van der Waals surface area contributed by atoms with Crippen LogP contribution in [0.15, 0.2) is 152 Å². The van der Waals surface area contributed by atoms with Gasteiger partial charge in [-0.1, -0.05) is 127 Å². The van der Waals surface area contributed by atoms with Crippen LogP contribution < -0.4 is 0 Å². The Kier molecular flexibility index (Phi) is 6.12. The molecule has 0 aliphatic heterocycles. The van der Waals surface area contributed by atoms with Gasteiger partial charge in [0, 0.05) is 12.1 Å². The van der Waals surface area contributed by atoms with Gasteiger partial charge in [0.25, 0.3) is 0 Å². The topological polar surface area (TPSA) is 17.8 Å². The largest absolute Gasteiger partial charge is 0.324 e. The predicted octanol–water partition coefficient (Wildman–Crippen LogP) is 11.0. The smallest absolute Gasteiger partial charge is 0.141 e. The normalized spacial score (nSPS) is 11.5. The molecule has 2 heteroatoms. The van der Waals surface area contributed by atoms with E-state index < -0.39 is 0 Å². The summed E-state index contributed by atoms with van der Waals surface area (Å²) in [6.45, 7) is 3.05. The third-order valence-corrected chi connectivity index (χ3v) is 8.58. The van der Waals surface area contributed by atoms with Gasteiger partial charge >= 0.3 is 0 Å². The van der Waals surface area contributed by atoms with Crippen molar-refractivity contribution in [1.82, 2.24) is 9.55 Å². The number of aromatic nitrogens is 2. The highest BCUT2D eigenvalue weighted by Gasteiger charge is 2.19. The molecule has 0 atom stereocenters. The van der Waals surface area contributed by atoms with E-state index >= 15 is 0 Å². The van der Waals surface area contributed by atoms with E-state index in [1.54, 1.807) is 0 Å². The zero-order valence-corrected chi connectivity index (χ0v) is 24.0. The van der Waals surface area contributed by atoms with E-state index in [4.69, 9.17) is 4.98 Å². The van der Waals surface area contributed by atoms with Crippen LogP contribution in [0.3, 0.4) is 0 Å². The second kappa shape index (κ2) is 10.4. The number of benzene rings is 7. The average Bonchev–Trinajstić information content (AvgIpc) is 3.46. The van der Waals surface area contributed by atoms with Crippen molar-refractivity contribution in [3.63, 3.8) is 0 Å². The molecule has 2 nitrogen and oxygen atoms in total. The van der Waals surface area contributed by atoms with Gasteiger partial charge in [-0.25, -0.2) is 4.98 Å². The Morgan fingerprint density at radius 2 is 0.930 bits per heavy atom. The molecule has 0 aliphatic rings. The van der Waals surface area contributed by atoms with E-state index in [0.29, 0.717) is 0 Å². The third kappa shape index (κ3) is 4.23. The number of aryl methyl sites for hydroxylation is 1. The van der Waals surface area contributed by atoms with Crippen molar-refractivity contribution >= 4 is 32.6 Å². The standard InChI is InChI=1S/C41H30N2/c1-2-43-38-21-13-12-20-37(38)42-41(43)32-23-25-34-36(27-32)40(30-18-10-5-11-19-30)33-24-22-31(28-14-6-3-7-15-28)26-35(33)39(34)29-16-8-4-9-17-29/h3-27H,2H2,1H3. The highest BCUT2D eigenvalue weighted by atomic mass is 15.1. The van der Waals surface area contributed by atoms with E-state index in [2.05, 4.69) is 163 Å². The second-order valence-corrected chi connectivity index (χ2v) is 11.0. The Labute approximate surface area is 251 Å². The minimum absolute atomic E-state index is 0.856. The molecule has 7 aromatic carbocycles. The number of imidazole rings is 1. The summed E-state index contributed by atoms with van der Waals surface area (Å²) in [7, 11) is 0. The fourth-order valence-electron chi connectivity index (χ4n) is 6.63. The van der Waals surface area contributed by atoms with Crippen molar-refractivity contribution in [1.29, 1.82) is 0 Å². The summed E-state index contributed by atoms with van der Waals surface area (Å²) >= 11 is 0. The van der Waals surface area contributed by atoms with Crippen molar-refractivity contribution in [2.24, 2.45) is 0 Å². The fraction of sp³-hybridized carbons (Fsp3) is 0.0488. The van der Waals surface area contributed by atoms with Crippen LogP contribution in [0, 0.1) is 0 Å². The summed E-state index contributed by atoms with van der Waals surface area (Å²) in [6, 6.07) is 54.6. The first kappa shape index (κ1) is 25.3. The lowest BCUT2D eigenvalue weighted by atomic mass is 9.84. The highest BCUT2D eigenvalue weighted by Crippen LogP contribution is 2.45. The van der Waals surface area contributed by atoms with Gasteiger partial charge in [-0.05, 0) is 86.1 Å². The van der Waals surface area contributed by atoms with E-state index in [-0.39, 0.29) is 0 Å². The molecule has 0 spiro atoms. The average molecular weight is 551 g/mol. The molecule has 0 N–H and O–H groups in total. The minimum atomic E-state index is 0.856. The highest BCUT2D eigenvalue weighted by molar-refractivity contribution is 6.22. The SMILES string of the molecule is CCn1c(-c2ccc3c(-c4ccccc4)c4cc(-c5ccccc5)ccc4c(-c4ccccc4)c3c2)nc2ccccc21. The van der Waals surface area contributed by atoms with Gasteiger partial charge in [0.15, 0.2) is 0 Å². The van der Waals surface area contributed by atoms with E-state index in [1.165, 1.54) is 60.4 Å². The Balaban J connectivity index is 1.51. The molecule has 0 amide bonds. The number of hydrogen-bond donors (Lipinski definition) is 0. The van der Waals surface area contributed by atoms with Crippen molar-refractivity contribution in [3.8, 4) is 44.8 Å². The van der Waals surface area contributed by atoms with Crippen LogP contribution in [0.2, 0.25) is 0 Å². The zero-order valence-electron chi connectivity index (χ0n) is 24.0. The van der Waals surface area contributed by atoms with Crippen LogP contribution in [-0.4, -0.2) is 9.55 Å². The molecule has 0 aliphatic carbocycles. The summed E-state index contributed by atoms with van der Waals surface area (Å²) < 4.78 is 2.32. The van der Waals surface area contributed by atoms with Crippen LogP contribution in [0.1, 0.15) is 6.92 Å². The number of rotatable bonds is 5. The summed E-state index contributed by atoms with van der Waals surface area (Å²) in [5.74, 6) is 1.00. The molecule has 8 aromatic rings. The maximum atomic E-state index is 5.11.